The molecular weight excluding hydrogens is 246 g/mol. The standard InChI is InChI=1S/C14H17NO2S/c16-14(17)7-10-8-15(9-10)12-5-6-18-13-4-2-1-3-11(12)13/h1-4,10,12H,5-9H2,(H,16,17). The van der Waals surface area contributed by atoms with Crippen molar-refractivity contribution in [1.82, 2.24) is 4.90 Å². The van der Waals surface area contributed by atoms with Crippen LogP contribution in [0.15, 0.2) is 29.2 Å². The lowest BCUT2D eigenvalue weighted by atomic mass is 9.91. The van der Waals surface area contributed by atoms with Gasteiger partial charge in [0.2, 0.25) is 0 Å². The number of hydrogen-bond acceptors (Lipinski definition) is 3. The van der Waals surface area contributed by atoms with Crippen LogP contribution >= 0.6 is 11.8 Å². The van der Waals surface area contributed by atoms with Gasteiger partial charge < -0.3 is 5.11 Å². The van der Waals surface area contributed by atoms with Crippen molar-refractivity contribution in [2.75, 3.05) is 18.8 Å². The molecule has 0 saturated carbocycles. The Morgan fingerprint density at radius 3 is 2.94 bits per heavy atom. The first-order chi connectivity index (χ1) is 8.74. The summed E-state index contributed by atoms with van der Waals surface area (Å²) in [5.74, 6) is 0.852. The Bertz CT molecular complexity index is 457. The van der Waals surface area contributed by atoms with Crippen LogP contribution in [0.5, 0.6) is 0 Å². The van der Waals surface area contributed by atoms with Crippen molar-refractivity contribution in [1.29, 1.82) is 0 Å². The Morgan fingerprint density at radius 2 is 2.17 bits per heavy atom. The second kappa shape index (κ2) is 4.94. The molecule has 1 aromatic rings. The van der Waals surface area contributed by atoms with Gasteiger partial charge in [-0.05, 0) is 29.7 Å². The van der Waals surface area contributed by atoms with E-state index in [1.165, 1.54) is 22.6 Å². The number of carboxylic acid groups (broad SMARTS) is 1. The third-order valence-electron chi connectivity index (χ3n) is 3.82. The summed E-state index contributed by atoms with van der Waals surface area (Å²) in [7, 11) is 0. The number of likely N-dealkylation sites (tertiary alicyclic amines) is 1. The SMILES string of the molecule is O=C(O)CC1CN(C2CCSc3ccccc32)C1. The van der Waals surface area contributed by atoms with Crippen LogP contribution in [-0.2, 0) is 4.79 Å². The molecule has 0 bridgehead atoms. The molecule has 3 rings (SSSR count). The molecule has 3 nitrogen and oxygen atoms in total. The third-order valence-corrected chi connectivity index (χ3v) is 4.94. The topological polar surface area (TPSA) is 40.5 Å². The van der Waals surface area contributed by atoms with Gasteiger partial charge in [-0.15, -0.1) is 11.8 Å². The van der Waals surface area contributed by atoms with Gasteiger partial charge in [-0.1, -0.05) is 18.2 Å². The molecule has 0 aromatic heterocycles. The van der Waals surface area contributed by atoms with E-state index in [-0.39, 0.29) is 0 Å². The molecule has 0 spiro atoms. The van der Waals surface area contributed by atoms with E-state index in [9.17, 15) is 4.79 Å². The van der Waals surface area contributed by atoms with Gasteiger partial charge in [0.1, 0.15) is 0 Å². The van der Waals surface area contributed by atoms with Crippen LogP contribution < -0.4 is 0 Å². The van der Waals surface area contributed by atoms with Crippen molar-refractivity contribution in [2.24, 2.45) is 5.92 Å². The largest absolute Gasteiger partial charge is 0.481 e. The Hall–Kier alpha value is -1.00. The Morgan fingerprint density at radius 1 is 1.39 bits per heavy atom. The fraction of sp³-hybridized carbons (Fsp3) is 0.500. The number of benzene rings is 1. The monoisotopic (exact) mass is 263 g/mol. The van der Waals surface area contributed by atoms with Crippen molar-refractivity contribution in [2.45, 2.75) is 23.8 Å². The summed E-state index contributed by atoms with van der Waals surface area (Å²) >= 11 is 1.94. The van der Waals surface area contributed by atoms with Gasteiger partial charge in [-0.3, -0.25) is 9.69 Å². The first-order valence-electron chi connectivity index (χ1n) is 6.41. The molecule has 18 heavy (non-hydrogen) atoms. The quantitative estimate of drug-likeness (QED) is 0.910. The summed E-state index contributed by atoms with van der Waals surface area (Å²) in [5.41, 5.74) is 1.43. The maximum atomic E-state index is 10.7. The van der Waals surface area contributed by atoms with Crippen molar-refractivity contribution < 1.29 is 9.90 Å². The van der Waals surface area contributed by atoms with Gasteiger partial charge in [0.25, 0.3) is 0 Å². The lowest BCUT2D eigenvalue weighted by molar-refractivity contribution is -0.139. The second-order valence-electron chi connectivity index (χ2n) is 5.11. The van der Waals surface area contributed by atoms with E-state index >= 15 is 0 Å². The number of carbonyl (C=O) groups is 1. The summed E-state index contributed by atoms with van der Waals surface area (Å²) in [5, 5.41) is 8.78. The minimum atomic E-state index is -0.667. The molecule has 1 atom stereocenters. The zero-order valence-electron chi connectivity index (χ0n) is 10.2. The van der Waals surface area contributed by atoms with E-state index in [1.807, 2.05) is 11.8 Å². The molecule has 0 radical (unpaired) electrons. The van der Waals surface area contributed by atoms with Gasteiger partial charge in [-0.25, -0.2) is 0 Å². The van der Waals surface area contributed by atoms with Gasteiger partial charge >= 0.3 is 5.97 Å². The van der Waals surface area contributed by atoms with E-state index in [4.69, 9.17) is 5.11 Å². The predicted octanol–water partition coefficient (Wildman–Crippen LogP) is 2.63. The molecule has 0 amide bonds. The minimum absolute atomic E-state index is 0.319. The van der Waals surface area contributed by atoms with Crippen LogP contribution in [-0.4, -0.2) is 34.8 Å². The Kier molecular flexibility index (Phi) is 3.31. The zero-order valence-corrected chi connectivity index (χ0v) is 11.0. The summed E-state index contributed by atoms with van der Waals surface area (Å²) in [6, 6.07) is 9.12. The number of carboxylic acids is 1. The molecule has 1 saturated heterocycles. The summed E-state index contributed by atoms with van der Waals surface area (Å²) < 4.78 is 0. The average molecular weight is 263 g/mol. The maximum Gasteiger partial charge on any atom is 0.303 e. The molecule has 4 heteroatoms. The maximum absolute atomic E-state index is 10.7. The number of hydrogen-bond donors (Lipinski definition) is 1. The summed E-state index contributed by atoms with van der Waals surface area (Å²) in [6.45, 7) is 1.88. The van der Waals surface area contributed by atoms with Crippen molar-refractivity contribution >= 4 is 17.7 Å². The van der Waals surface area contributed by atoms with Crippen molar-refractivity contribution in [3.8, 4) is 0 Å². The molecule has 2 aliphatic heterocycles. The molecule has 2 aliphatic rings. The number of rotatable bonds is 3. The molecule has 2 heterocycles. The van der Waals surface area contributed by atoms with Gasteiger partial charge in [0.15, 0.2) is 0 Å². The molecule has 0 aliphatic carbocycles. The first-order valence-corrected chi connectivity index (χ1v) is 7.40. The van der Waals surface area contributed by atoms with E-state index in [1.54, 1.807) is 0 Å². The van der Waals surface area contributed by atoms with Gasteiger partial charge in [-0.2, -0.15) is 0 Å². The lowest BCUT2D eigenvalue weighted by Gasteiger charge is -2.45. The third kappa shape index (κ3) is 2.27. The highest BCUT2D eigenvalue weighted by molar-refractivity contribution is 7.99. The molecular formula is C14H17NO2S. The van der Waals surface area contributed by atoms with Crippen molar-refractivity contribution in [3.63, 3.8) is 0 Å². The smallest absolute Gasteiger partial charge is 0.303 e. The predicted molar refractivity (Wildman–Crippen MR) is 71.8 cm³/mol. The van der Waals surface area contributed by atoms with Crippen LogP contribution in [0.4, 0.5) is 0 Å². The van der Waals surface area contributed by atoms with Crippen LogP contribution in [0.2, 0.25) is 0 Å². The fourth-order valence-corrected chi connectivity index (χ4v) is 4.05. The normalized spacial score (nSPS) is 24.3. The number of aliphatic carboxylic acids is 1. The van der Waals surface area contributed by atoms with Crippen LogP contribution in [0.3, 0.4) is 0 Å². The fourth-order valence-electron chi connectivity index (χ4n) is 2.94. The minimum Gasteiger partial charge on any atom is -0.481 e. The molecule has 1 fully saturated rings. The van der Waals surface area contributed by atoms with Crippen LogP contribution in [0.25, 0.3) is 0 Å². The summed E-state index contributed by atoms with van der Waals surface area (Å²) in [4.78, 5) is 14.5. The second-order valence-corrected chi connectivity index (χ2v) is 6.25. The van der Waals surface area contributed by atoms with Gasteiger partial charge in [0.05, 0.1) is 6.42 Å². The van der Waals surface area contributed by atoms with E-state index in [0.717, 1.165) is 13.1 Å². The number of fused-ring (bicyclic) bond motifs is 1. The Labute approximate surface area is 111 Å². The molecule has 1 aromatic carbocycles. The van der Waals surface area contributed by atoms with Gasteiger partial charge in [0, 0.05) is 24.0 Å². The number of thioether (sulfide) groups is 1. The highest BCUT2D eigenvalue weighted by atomic mass is 32.2. The van der Waals surface area contributed by atoms with E-state index in [0.29, 0.717) is 18.4 Å². The van der Waals surface area contributed by atoms with E-state index in [2.05, 4.69) is 29.2 Å². The Balaban J connectivity index is 1.67. The molecule has 96 valence electrons. The van der Waals surface area contributed by atoms with Crippen molar-refractivity contribution in [3.05, 3.63) is 29.8 Å². The lowest BCUT2D eigenvalue weighted by Crippen LogP contribution is -2.49. The summed E-state index contributed by atoms with van der Waals surface area (Å²) in [6.07, 6.45) is 1.50. The zero-order chi connectivity index (χ0) is 12.5. The first kappa shape index (κ1) is 12.1. The van der Waals surface area contributed by atoms with Crippen LogP contribution in [0.1, 0.15) is 24.4 Å². The van der Waals surface area contributed by atoms with Crippen LogP contribution in [0, 0.1) is 5.92 Å². The molecule has 1 N–H and O–H groups in total. The highest BCUT2D eigenvalue weighted by Gasteiger charge is 2.35. The molecule has 1 unspecified atom stereocenters. The average Bonchev–Trinajstić information content (AvgIpc) is 2.32. The number of nitrogens with zero attached hydrogens (tertiary/aromatic N) is 1. The van der Waals surface area contributed by atoms with E-state index < -0.39 is 5.97 Å². The highest BCUT2D eigenvalue weighted by Crippen LogP contribution is 2.41.